The van der Waals surface area contributed by atoms with Gasteiger partial charge in [0, 0.05) is 48.2 Å². The van der Waals surface area contributed by atoms with Crippen molar-refractivity contribution in [3.8, 4) is 0 Å². The number of nitrogens with one attached hydrogen (secondary N) is 1. The fraction of sp³-hybridized carbons (Fsp3) is 0.308. The molecule has 0 fully saturated rings. The van der Waals surface area contributed by atoms with E-state index in [1.807, 2.05) is 41.4 Å². The fourth-order valence-corrected chi connectivity index (χ4v) is 3.97. The Morgan fingerprint density at radius 1 is 0.970 bits per heavy atom. The van der Waals surface area contributed by atoms with Crippen LogP contribution in [-0.2, 0) is 18.4 Å². The SMILES string of the molecule is CNc1ccc(Cl)cc1C(=O)N(CCc1ccc(Cl)c(Cl)c1)Cc1ccc(C(C)(C)C)nc1. The minimum absolute atomic E-state index is 0.0373. The van der Waals surface area contributed by atoms with Crippen molar-refractivity contribution in [1.82, 2.24) is 9.88 Å². The molecule has 0 saturated carbocycles. The van der Waals surface area contributed by atoms with Gasteiger partial charge in [0.2, 0.25) is 0 Å². The minimum Gasteiger partial charge on any atom is -0.387 e. The van der Waals surface area contributed by atoms with E-state index in [4.69, 9.17) is 34.8 Å². The molecular weight excluding hydrogens is 477 g/mol. The van der Waals surface area contributed by atoms with Crippen LogP contribution in [0.5, 0.6) is 0 Å². The van der Waals surface area contributed by atoms with E-state index in [2.05, 4.69) is 31.1 Å². The number of benzene rings is 2. The smallest absolute Gasteiger partial charge is 0.256 e. The molecule has 4 nitrogen and oxygen atoms in total. The number of amides is 1. The molecule has 1 N–H and O–H groups in total. The molecule has 0 aliphatic carbocycles. The van der Waals surface area contributed by atoms with Crippen LogP contribution in [-0.4, -0.2) is 29.4 Å². The third-order valence-electron chi connectivity index (χ3n) is 5.39. The topological polar surface area (TPSA) is 45.2 Å². The largest absolute Gasteiger partial charge is 0.387 e. The first kappa shape index (κ1) is 25.4. The Bertz CT molecular complexity index is 1120. The Hall–Kier alpha value is -2.27. The quantitative estimate of drug-likeness (QED) is 0.368. The number of rotatable bonds is 7. The summed E-state index contributed by atoms with van der Waals surface area (Å²) >= 11 is 18.4. The van der Waals surface area contributed by atoms with Gasteiger partial charge in [-0.2, -0.15) is 0 Å². The summed E-state index contributed by atoms with van der Waals surface area (Å²) in [4.78, 5) is 20.0. The van der Waals surface area contributed by atoms with E-state index in [9.17, 15) is 4.79 Å². The highest BCUT2D eigenvalue weighted by Gasteiger charge is 2.21. The molecule has 1 heterocycles. The molecule has 7 heteroatoms. The first-order valence-corrected chi connectivity index (χ1v) is 11.9. The molecule has 0 aliphatic heterocycles. The Kier molecular flexibility index (Phi) is 8.28. The zero-order valence-corrected chi connectivity index (χ0v) is 21.5. The standard InChI is InChI=1S/C26H28Cl3N3O/c1-26(2,3)24-10-6-18(15-31-24)16-32(12-11-17-5-8-21(28)22(29)13-17)25(33)20-14-19(27)7-9-23(20)30-4/h5-10,13-15,30H,11-12,16H2,1-4H3. The van der Waals surface area contributed by atoms with Crippen molar-refractivity contribution in [2.45, 2.75) is 39.2 Å². The third kappa shape index (κ3) is 6.63. The van der Waals surface area contributed by atoms with Crippen LogP contribution in [0.3, 0.4) is 0 Å². The lowest BCUT2D eigenvalue weighted by Crippen LogP contribution is -2.33. The van der Waals surface area contributed by atoms with Crippen LogP contribution in [0.15, 0.2) is 54.7 Å². The van der Waals surface area contributed by atoms with Gasteiger partial charge in [0.25, 0.3) is 5.91 Å². The summed E-state index contributed by atoms with van der Waals surface area (Å²) < 4.78 is 0. The maximum Gasteiger partial charge on any atom is 0.256 e. The van der Waals surface area contributed by atoms with Crippen LogP contribution in [0.25, 0.3) is 0 Å². The van der Waals surface area contributed by atoms with Crippen molar-refractivity contribution in [2.75, 3.05) is 18.9 Å². The van der Waals surface area contributed by atoms with E-state index in [0.29, 0.717) is 40.1 Å². The van der Waals surface area contributed by atoms with Crippen LogP contribution in [0.4, 0.5) is 5.69 Å². The van der Waals surface area contributed by atoms with Gasteiger partial charge in [0.1, 0.15) is 0 Å². The zero-order valence-electron chi connectivity index (χ0n) is 19.3. The molecule has 33 heavy (non-hydrogen) atoms. The van der Waals surface area contributed by atoms with Crippen LogP contribution in [0, 0.1) is 0 Å². The number of carbonyl (C=O) groups is 1. The molecule has 2 aromatic carbocycles. The fourth-order valence-electron chi connectivity index (χ4n) is 3.48. The minimum atomic E-state index is -0.109. The molecule has 0 radical (unpaired) electrons. The van der Waals surface area contributed by atoms with Gasteiger partial charge in [0.05, 0.1) is 15.6 Å². The molecule has 3 rings (SSSR count). The third-order valence-corrected chi connectivity index (χ3v) is 6.36. The van der Waals surface area contributed by atoms with E-state index >= 15 is 0 Å². The highest BCUT2D eigenvalue weighted by atomic mass is 35.5. The van der Waals surface area contributed by atoms with Crippen LogP contribution < -0.4 is 5.32 Å². The predicted molar refractivity (Wildman–Crippen MR) is 139 cm³/mol. The normalized spacial score (nSPS) is 11.4. The van der Waals surface area contributed by atoms with Crippen molar-refractivity contribution in [3.63, 3.8) is 0 Å². The van der Waals surface area contributed by atoms with E-state index in [0.717, 1.165) is 22.5 Å². The highest BCUT2D eigenvalue weighted by Crippen LogP contribution is 2.26. The second-order valence-electron chi connectivity index (χ2n) is 8.97. The molecule has 0 aliphatic rings. The molecule has 0 unspecified atom stereocenters. The van der Waals surface area contributed by atoms with Crippen molar-refractivity contribution in [2.24, 2.45) is 0 Å². The number of hydrogen-bond donors (Lipinski definition) is 1. The zero-order chi connectivity index (χ0) is 24.2. The molecule has 3 aromatic rings. The number of nitrogens with zero attached hydrogens (tertiary/aromatic N) is 2. The predicted octanol–water partition coefficient (Wildman–Crippen LogP) is 7.27. The summed E-state index contributed by atoms with van der Waals surface area (Å²) in [5.41, 5.74) is 4.18. The van der Waals surface area contributed by atoms with Gasteiger partial charge in [-0.3, -0.25) is 9.78 Å². The van der Waals surface area contributed by atoms with Gasteiger partial charge in [-0.05, 0) is 53.9 Å². The Morgan fingerprint density at radius 3 is 2.30 bits per heavy atom. The Labute approximate surface area is 210 Å². The second-order valence-corrected chi connectivity index (χ2v) is 10.2. The molecule has 1 amide bonds. The number of halogens is 3. The van der Waals surface area contributed by atoms with E-state index in [1.165, 1.54) is 0 Å². The summed E-state index contributed by atoms with van der Waals surface area (Å²) in [6, 6.07) is 14.9. The number of anilines is 1. The summed E-state index contributed by atoms with van der Waals surface area (Å²) in [6.07, 6.45) is 2.47. The molecule has 0 saturated heterocycles. The van der Waals surface area contributed by atoms with Crippen LogP contribution >= 0.6 is 34.8 Å². The molecule has 0 spiro atoms. The monoisotopic (exact) mass is 503 g/mol. The maximum absolute atomic E-state index is 13.6. The highest BCUT2D eigenvalue weighted by molar-refractivity contribution is 6.42. The van der Waals surface area contributed by atoms with Crippen LogP contribution in [0.2, 0.25) is 15.1 Å². The van der Waals surface area contributed by atoms with Crippen molar-refractivity contribution >= 4 is 46.4 Å². The Balaban J connectivity index is 1.89. The number of carbonyl (C=O) groups excluding carboxylic acids is 1. The maximum atomic E-state index is 13.6. The van der Waals surface area contributed by atoms with Gasteiger partial charge in [0.15, 0.2) is 0 Å². The second kappa shape index (κ2) is 10.8. The average molecular weight is 505 g/mol. The molecule has 0 atom stereocenters. The van der Waals surface area contributed by atoms with Gasteiger partial charge >= 0.3 is 0 Å². The molecule has 1 aromatic heterocycles. The van der Waals surface area contributed by atoms with Crippen molar-refractivity contribution < 1.29 is 4.79 Å². The lowest BCUT2D eigenvalue weighted by molar-refractivity contribution is 0.0746. The average Bonchev–Trinajstić information content (AvgIpc) is 2.78. The van der Waals surface area contributed by atoms with Gasteiger partial charge in [-0.15, -0.1) is 0 Å². The number of pyridine rings is 1. The van der Waals surface area contributed by atoms with Gasteiger partial charge in [-0.25, -0.2) is 0 Å². The van der Waals surface area contributed by atoms with Gasteiger partial charge < -0.3 is 10.2 Å². The lowest BCUT2D eigenvalue weighted by atomic mass is 9.91. The van der Waals surface area contributed by atoms with E-state index < -0.39 is 0 Å². The van der Waals surface area contributed by atoms with E-state index in [-0.39, 0.29) is 11.3 Å². The summed E-state index contributed by atoms with van der Waals surface area (Å²) in [5, 5.41) is 4.61. The number of aromatic nitrogens is 1. The molecule has 0 bridgehead atoms. The van der Waals surface area contributed by atoms with Crippen molar-refractivity contribution in [1.29, 1.82) is 0 Å². The molecule has 174 valence electrons. The number of hydrogen-bond acceptors (Lipinski definition) is 3. The first-order valence-electron chi connectivity index (χ1n) is 10.7. The Morgan fingerprint density at radius 2 is 1.70 bits per heavy atom. The molecular formula is C26H28Cl3N3O. The lowest BCUT2D eigenvalue weighted by Gasteiger charge is -2.25. The summed E-state index contributed by atoms with van der Waals surface area (Å²) in [7, 11) is 1.79. The summed E-state index contributed by atoms with van der Waals surface area (Å²) in [5.74, 6) is -0.109. The van der Waals surface area contributed by atoms with E-state index in [1.54, 1.807) is 25.2 Å². The van der Waals surface area contributed by atoms with Crippen LogP contribution in [0.1, 0.15) is 48.0 Å². The van der Waals surface area contributed by atoms with Crippen molar-refractivity contribution in [3.05, 3.63) is 92.2 Å². The first-order chi connectivity index (χ1) is 15.6. The summed E-state index contributed by atoms with van der Waals surface area (Å²) in [6.45, 7) is 7.29. The van der Waals surface area contributed by atoms with Gasteiger partial charge in [-0.1, -0.05) is 67.7 Å².